The summed E-state index contributed by atoms with van der Waals surface area (Å²) in [5.41, 5.74) is 6.81. The molecule has 2 aromatic rings. The number of nitrogens with two attached hydrogens (primary N) is 1. The zero-order valence-corrected chi connectivity index (χ0v) is 12.3. The van der Waals surface area contributed by atoms with Crippen molar-refractivity contribution in [2.75, 3.05) is 5.32 Å². The highest BCUT2D eigenvalue weighted by atomic mass is 16.2. The number of nitrogens with one attached hydrogen (secondary N) is 1. The van der Waals surface area contributed by atoms with Gasteiger partial charge in [0.1, 0.15) is 6.33 Å². The lowest BCUT2D eigenvalue weighted by atomic mass is 10.0. The Kier molecular flexibility index (Phi) is 4.23. The van der Waals surface area contributed by atoms with Gasteiger partial charge in [0.2, 0.25) is 5.91 Å². The molecule has 0 spiro atoms. The first kappa shape index (κ1) is 15.0. The van der Waals surface area contributed by atoms with Gasteiger partial charge in [-0.15, -0.1) is 0 Å². The van der Waals surface area contributed by atoms with Gasteiger partial charge in [0, 0.05) is 12.7 Å². The third-order valence-electron chi connectivity index (χ3n) is 3.22. The van der Waals surface area contributed by atoms with Crippen LogP contribution in [0.5, 0.6) is 0 Å². The first-order valence-electron chi connectivity index (χ1n) is 6.67. The van der Waals surface area contributed by atoms with Crippen molar-refractivity contribution in [2.24, 2.45) is 18.7 Å². The van der Waals surface area contributed by atoms with E-state index in [2.05, 4.69) is 10.4 Å². The van der Waals surface area contributed by atoms with Crippen molar-refractivity contribution in [3.8, 4) is 5.69 Å². The third kappa shape index (κ3) is 3.19. The lowest BCUT2D eigenvalue weighted by molar-refractivity contribution is -0.118. The smallest absolute Gasteiger partial charge is 0.325 e. The molecule has 0 saturated heterocycles. The molecule has 0 bridgehead atoms. The maximum absolute atomic E-state index is 11.9. The van der Waals surface area contributed by atoms with Crippen LogP contribution in [0.15, 0.2) is 35.4 Å². The summed E-state index contributed by atoms with van der Waals surface area (Å²) in [5, 5.41) is 6.73. The van der Waals surface area contributed by atoms with Crippen molar-refractivity contribution in [1.82, 2.24) is 14.3 Å². The van der Waals surface area contributed by atoms with Crippen molar-refractivity contribution < 1.29 is 4.79 Å². The molecule has 1 atom stereocenters. The summed E-state index contributed by atoms with van der Waals surface area (Å²) in [4.78, 5) is 23.6. The number of nitrogens with zero attached hydrogens (tertiary/aromatic N) is 3. The van der Waals surface area contributed by atoms with E-state index >= 15 is 0 Å². The highest BCUT2D eigenvalue weighted by Gasteiger charge is 2.17. The molecule has 7 heteroatoms. The van der Waals surface area contributed by atoms with E-state index in [0.717, 1.165) is 0 Å². The van der Waals surface area contributed by atoms with Crippen LogP contribution in [0, 0.1) is 5.92 Å². The van der Waals surface area contributed by atoms with Crippen molar-refractivity contribution >= 4 is 11.6 Å². The van der Waals surface area contributed by atoms with Crippen LogP contribution in [-0.2, 0) is 11.8 Å². The molecule has 7 nitrogen and oxygen atoms in total. The first-order chi connectivity index (χ1) is 9.90. The second-order valence-electron chi connectivity index (χ2n) is 5.24. The highest BCUT2D eigenvalue weighted by molar-refractivity contribution is 5.94. The summed E-state index contributed by atoms with van der Waals surface area (Å²) >= 11 is 0. The largest absolute Gasteiger partial charge is 0.350 e. The van der Waals surface area contributed by atoms with Crippen LogP contribution < -0.4 is 16.7 Å². The van der Waals surface area contributed by atoms with Crippen LogP contribution in [-0.4, -0.2) is 26.3 Å². The van der Waals surface area contributed by atoms with Crippen LogP contribution in [0.4, 0.5) is 5.69 Å². The van der Waals surface area contributed by atoms with Crippen molar-refractivity contribution in [1.29, 1.82) is 0 Å². The Balaban J connectivity index is 2.15. The number of benzene rings is 1. The highest BCUT2D eigenvalue weighted by Crippen LogP contribution is 2.12. The number of rotatable bonds is 4. The van der Waals surface area contributed by atoms with Crippen LogP contribution in [0.25, 0.3) is 5.69 Å². The molecule has 0 saturated carbocycles. The SMILES string of the molecule is CC(C)[C@H](N)C(=O)Nc1ccc(-n2ncn(C)c2=O)cc1. The number of aryl methyl sites for hydroxylation is 1. The molecule has 1 heterocycles. The molecule has 112 valence electrons. The quantitative estimate of drug-likeness (QED) is 0.856. The number of anilines is 1. The zero-order chi connectivity index (χ0) is 15.6. The summed E-state index contributed by atoms with van der Waals surface area (Å²) in [6, 6.07) is 6.29. The van der Waals surface area contributed by atoms with Gasteiger partial charge >= 0.3 is 5.69 Å². The Morgan fingerprint density at radius 2 is 1.90 bits per heavy atom. The fraction of sp³-hybridized carbons (Fsp3) is 0.357. The van der Waals surface area contributed by atoms with Crippen molar-refractivity contribution in [3.63, 3.8) is 0 Å². The number of carbonyl (C=O) groups is 1. The topological polar surface area (TPSA) is 94.9 Å². The Bertz CT molecular complexity index is 684. The van der Waals surface area contributed by atoms with E-state index < -0.39 is 6.04 Å². The summed E-state index contributed by atoms with van der Waals surface area (Å²) in [6.45, 7) is 3.78. The molecule has 1 aromatic heterocycles. The molecule has 0 fully saturated rings. The number of carbonyl (C=O) groups excluding carboxylic acids is 1. The van der Waals surface area contributed by atoms with E-state index in [1.165, 1.54) is 15.6 Å². The molecule has 0 radical (unpaired) electrons. The monoisotopic (exact) mass is 289 g/mol. The molecular formula is C14H19N5O2. The minimum Gasteiger partial charge on any atom is -0.325 e. The van der Waals surface area contributed by atoms with Crippen molar-refractivity contribution in [3.05, 3.63) is 41.1 Å². The molecule has 21 heavy (non-hydrogen) atoms. The third-order valence-corrected chi connectivity index (χ3v) is 3.22. The minimum atomic E-state index is -0.553. The molecule has 2 rings (SSSR count). The molecule has 3 N–H and O–H groups in total. The van der Waals surface area contributed by atoms with E-state index in [1.54, 1.807) is 31.3 Å². The van der Waals surface area contributed by atoms with Gasteiger partial charge in [-0.3, -0.25) is 9.36 Å². The summed E-state index contributed by atoms with van der Waals surface area (Å²) in [5.74, 6) is -0.163. The Labute approximate surface area is 122 Å². The van der Waals surface area contributed by atoms with Gasteiger partial charge < -0.3 is 11.1 Å². The number of aromatic nitrogens is 3. The van der Waals surface area contributed by atoms with E-state index in [1.807, 2.05) is 13.8 Å². The van der Waals surface area contributed by atoms with Crippen LogP contribution in [0.1, 0.15) is 13.8 Å². The Morgan fingerprint density at radius 1 is 1.29 bits per heavy atom. The van der Waals surface area contributed by atoms with Crippen molar-refractivity contribution in [2.45, 2.75) is 19.9 Å². The maximum Gasteiger partial charge on any atom is 0.350 e. The van der Waals surface area contributed by atoms with Crippen LogP contribution in [0.2, 0.25) is 0 Å². The second-order valence-corrected chi connectivity index (χ2v) is 5.24. The molecule has 0 aliphatic rings. The molecule has 0 unspecified atom stereocenters. The number of hydrogen-bond donors (Lipinski definition) is 2. The molecule has 1 amide bonds. The van der Waals surface area contributed by atoms with E-state index in [0.29, 0.717) is 11.4 Å². The standard InChI is InChI=1S/C14H19N5O2/c1-9(2)12(15)13(20)17-10-4-6-11(7-5-10)19-14(21)18(3)8-16-19/h4-9,12H,15H2,1-3H3,(H,17,20)/t12-/m0/s1. The van der Waals surface area contributed by atoms with Gasteiger partial charge in [-0.05, 0) is 30.2 Å². The second kappa shape index (κ2) is 5.92. The fourth-order valence-corrected chi connectivity index (χ4v) is 1.77. The first-order valence-corrected chi connectivity index (χ1v) is 6.67. The van der Waals surface area contributed by atoms with E-state index in [4.69, 9.17) is 5.73 Å². The molecule has 1 aromatic carbocycles. The Hall–Kier alpha value is -2.41. The van der Waals surface area contributed by atoms with Crippen LogP contribution >= 0.6 is 0 Å². The number of amides is 1. The maximum atomic E-state index is 11.9. The average Bonchev–Trinajstić information content (AvgIpc) is 2.79. The molecular weight excluding hydrogens is 270 g/mol. The van der Waals surface area contributed by atoms with E-state index in [-0.39, 0.29) is 17.5 Å². The summed E-state index contributed by atoms with van der Waals surface area (Å²) < 4.78 is 2.67. The van der Waals surface area contributed by atoms with Gasteiger partial charge in [-0.2, -0.15) is 9.78 Å². The van der Waals surface area contributed by atoms with Gasteiger partial charge in [-0.1, -0.05) is 13.8 Å². The summed E-state index contributed by atoms with van der Waals surface area (Å²) in [6.07, 6.45) is 1.44. The fourth-order valence-electron chi connectivity index (χ4n) is 1.77. The van der Waals surface area contributed by atoms with Gasteiger partial charge in [0.15, 0.2) is 0 Å². The Morgan fingerprint density at radius 3 is 2.38 bits per heavy atom. The predicted molar refractivity (Wildman–Crippen MR) is 80.2 cm³/mol. The molecule has 0 aliphatic heterocycles. The normalized spacial score (nSPS) is 12.4. The lowest BCUT2D eigenvalue weighted by Gasteiger charge is -2.15. The lowest BCUT2D eigenvalue weighted by Crippen LogP contribution is -2.39. The van der Waals surface area contributed by atoms with E-state index in [9.17, 15) is 9.59 Å². The predicted octanol–water partition coefficient (Wildman–Crippen LogP) is 0.493. The van der Waals surface area contributed by atoms with Gasteiger partial charge in [0.05, 0.1) is 11.7 Å². The zero-order valence-electron chi connectivity index (χ0n) is 12.3. The average molecular weight is 289 g/mol. The van der Waals surface area contributed by atoms with Gasteiger partial charge in [-0.25, -0.2) is 4.79 Å². The minimum absolute atomic E-state index is 0.0661. The van der Waals surface area contributed by atoms with Crippen LogP contribution in [0.3, 0.4) is 0 Å². The van der Waals surface area contributed by atoms with Gasteiger partial charge in [0.25, 0.3) is 0 Å². The molecule has 0 aliphatic carbocycles. The number of hydrogen-bond acceptors (Lipinski definition) is 4. The summed E-state index contributed by atoms with van der Waals surface area (Å²) in [7, 11) is 1.63.